The summed E-state index contributed by atoms with van der Waals surface area (Å²) < 4.78 is 0. The molecule has 1 heteroatoms. The number of hydrogen-bond acceptors (Lipinski definition) is 1. The molecular formula is C17H15N. The second kappa shape index (κ2) is 4.26. The van der Waals surface area contributed by atoms with Crippen molar-refractivity contribution in [2.45, 2.75) is 13.8 Å². The van der Waals surface area contributed by atoms with E-state index in [0.29, 0.717) is 0 Å². The van der Waals surface area contributed by atoms with Gasteiger partial charge in [0.05, 0.1) is 11.2 Å². The fraction of sp³-hybridized carbons (Fsp3) is 0.118. The summed E-state index contributed by atoms with van der Waals surface area (Å²) in [7, 11) is 0. The lowest BCUT2D eigenvalue weighted by Crippen LogP contribution is -1.88. The molecule has 0 aliphatic carbocycles. The highest BCUT2D eigenvalue weighted by Gasteiger charge is 2.04. The number of para-hydroxylation sites is 1. The van der Waals surface area contributed by atoms with Gasteiger partial charge in [0.1, 0.15) is 0 Å². The molecule has 88 valence electrons. The first-order chi connectivity index (χ1) is 8.74. The highest BCUT2D eigenvalue weighted by molar-refractivity contribution is 5.84. The van der Waals surface area contributed by atoms with Gasteiger partial charge in [-0.3, -0.25) is 0 Å². The Bertz CT molecular complexity index is 696. The van der Waals surface area contributed by atoms with Gasteiger partial charge in [0.2, 0.25) is 0 Å². The standard InChI is InChI=1S/C17H15N/c1-12-7-9-14(10-8-12)17-11-13(2)15-5-3-4-6-16(15)18-17/h3-11H,1-2H3. The molecule has 0 radical (unpaired) electrons. The number of pyridine rings is 1. The van der Waals surface area contributed by atoms with Crippen molar-refractivity contribution in [2.24, 2.45) is 0 Å². The molecule has 0 saturated heterocycles. The second-order valence-corrected chi connectivity index (χ2v) is 4.71. The lowest BCUT2D eigenvalue weighted by Gasteiger charge is -2.06. The number of benzene rings is 2. The summed E-state index contributed by atoms with van der Waals surface area (Å²) in [5.74, 6) is 0. The highest BCUT2D eigenvalue weighted by atomic mass is 14.7. The lowest BCUT2D eigenvalue weighted by molar-refractivity contribution is 1.35. The minimum Gasteiger partial charge on any atom is -0.248 e. The summed E-state index contributed by atoms with van der Waals surface area (Å²) in [5, 5.41) is 1.23. The zero-order valence-electron chi connectivity index (χ0n) is 10.6. The molecule has 0 fully saturated rings. The summed E-state index contributed by atoms with van der Waals surface area (Å²) in [6, 6.07) is 19.0. The Morgan fingerprint density at radius 3 is 2.33 bits per heavy atom. The number of hydrogen-bond donors (Lipinski definition) is 0. The number of rotatable bonds is 1. The van der Waals surface area contributed by atoms with Crippen molar-refractivity contribution >= 4 is 10.9 Å². The molecular weight excluding hydrogens is 218 g/mol. The van der Waals surface area contributed by atoms with Crippen LogP contribution in [0.5, 0.6) is 0 Å². The van der Waals surface area contributed by atoms with Gasteiger partial charge in [-0.15, -0.1) is 0 Å². The van der Waals surface area contributed by atoms with Crippen LogP contribution < -0.4 is 0 Å². The van der Waals surface area contributed by atoms with Gasteiger partial charge in [0, 0.05) is 10.9 Å². The summed E-state index contributed by atoms with van der Waals surface area (Å²) in [5.41, 5.74) is 5.83. The van der Waals surface area contributed by atoms with E-state index in [1.165, 1.54) is 22.1 Å². The normalized spacial score (nSPS) is 10.8. The topological polar surface area (TPSA) is 12.9 Å². The lowest BCUT2D eigenvalue weighted by atomic mass is 10.0. The first-order valence-corrected chi connectivity index (χ1v) is 6.17. The number of fused-ring (bicyclic) bond motifs is 1. The van der Waals surface area contributed by atoms with E-state index in [-0.39, 0.29) is 0 Å². The Kier molecular flexibility index (Phi) is 2.60. The molecule has 0 saturated carbocycles. The van der Waals surface area contributed by atoms with E-state index in [2.05, 4.69) is 62.4 Å². The second-order valence-electron chi connectivity index (χ2n) is 4.71. The number of aromatic nitrogens is 1. The van der Waals surface area contributed by atoms with Crippen molar-refractivity contribution in [3.05, 3.63) is 65.7 Å². The molecule has 0 spiro atoms. The van der Waals surface area contributed by atoms with Gasteiger partial charge >= 0.3 is 0 Å². The molecule has 0 N–H and O–H groups in total. The molecule has 0 atom stereocenters. The van der Waals surface area contributed by atoms with Gasteiger partial charge in [-0.2, -0.15) is 0 Å². The third kappa shape index (κ3) is 1.88. The van der Waals surface area contributed by atoms with Crippen LogP contribution in [0.25, 0.3) is 22.2 Å². The van der Waals surface area contributed by atoms with E-state index in [9.17, 15) is 0 Å². The molecule has 1 nitrogen and oxygen atoms in total. The van der Waals surface area contributed by atoms with Gasteiger partial charge in [0.25, 0.3) is 0 Å². The van der Waals surface area contributed by atoms with E-state index < -0.39 is 0 Å². The van der Waals surface area contributed by atoms with Gasteiger partial charge < -0.3 is 0 Å². The maximum Gasteiger partial charge on any atom is 0.0712 e. The van der Waals surface area contributed by atoms with Crippen LogP contribution in [0.15, 0.2) is 54.6 Å². The van der Waals surface area contributed by atoms with Crippen molar-refractivity contribution in [1.29, 1.82) is 0 Å². The SMILES string of the molecule is Cc1ccc(-c2cc(C)c3ccccc3n2)cc1. The van der Waals surface area contributed by atoms with Crippen molar-refractivity contribution in [3.8, 4) is 11.3 Å². The van der Waals surface area contributed by atoms with Crippen molar-refractivity contribution in [2.75, 3.05) is 0 Å². The molecule has 1 heterocycles. The predicted molar refractivity (Wildman–Crippen MR) is 76.7 cm³/mol. The summed E-state index contributed by atoms with van der Waals surface area (Å²) >= 11 is 0. The van der Waals surface area contributed by atoms with Crippen molar-refractivity contribution in [1.82, 2.24) is 4.98 Å². The quantitative estimate of drug-likeness (QED) is 0.602. The third-order valence-corrected chi connectivity index (χ3v) is 3.27. The van der Waals surface area contributed by atoms with Crippen LogP contribution in [0, 0.1) is 13.8 Å². The average Bonchev–Trinajstić information content (AvgIpc) is 2.39. The van der Waals surface area contributed by atoms with Crippen LogP contribution in [-0.2, 0) is 0 Å². The molecule has 1 aromatic heterocycles. The minimum absolute atomic E-state index is 1.05. The molecule has 3 aromatic rings. The van der Waals surface area contributed by atoms with Crippen LogP contribution in [0.3, 0.4) is 0 Å². The molecule has 3 rings (SSSR count). The molecule has 2 aromatic carbocycles. The maximum atomic E-state index is 4.74. The van der Waals surface area contributed by atoms with E-state index >= 15 is 0 Å². The largest absolute Gasteiger partial charge is 0.248 e. The first kappa shape index (κ1) is 11.0. The maximum absolute atomic E-state index is 4.74. The monoisotopic (exact) mass is 233 g/mol. The van der Waals surface area contributed by atoms with Gasteiger partial charge in [-0.1, -0.05) is 48.0 Å². The van der Waals surface area contributed by atoms with E-state index in [1.807, 2.05) is 6.07 Å². The molecule has 0 unspecified atom stereocenters. The zero-order valence-corrected chi connectivity index (χ0v) is 10.6. The van der Waals surface area contributed by atoms with Crippen molar-refractivity contribution < 1.29 is 0 Å². The van der Waals surface area contributed by atoms with Crippen LogP contribution in [0.2, 0.25) is 0 Å². The van der Waals surface area contributed by atoms with Crippen LogP contribution in [0.4, 0.5) is 0 Å². The van der Waals surface area contributed by atoms with E-state index in [4.69, 9.17) is 4.98 Å². The fourth-order valence-electron chi connectivity index (χ4n) is 2.22. The zero-order chi connectivity index (χ0) is 12.5. The van der Waals surface area contributed by atoms with Crippen LogP contribution in [0.1, 0.15) is 11.1 Å². The predicted octanol–water partition coefficient (Wildman–Crippen LogP) is 4.52. The molecule has 18 heavy (non-hydrogen) atoms. The third-order valence-electron chi connectivity index (χ3n) is 3.27. The van der Waals surface area contributed by atoms with Gasteiger partial charge in [0.15, 0.2) is 0 Å². The summed E-state index contributed by atoms with van der Waals surface area (Å²) in [6.45, 7) is 4.24. The minimum atomic E-state index is 1.05. The Labute approximate surface area is 107 Å². The Hall–Kier alpha value is -2.15. The number of nitrogens with zero attached hydrogens (tertiary/aromatic N) is 1. The average molecular weight is 233 g/mol. The van der Waals surface area contributed by atoms with Gasteiger partial charge in [-0.25, -0.2) is 4.98 Å². The molecule has 0 amide bonds. The summed E-state index contributed by atoms with van der Waals surface area (Å²) in [6.07, 6.45) is 0. The van der Waals surface area contributed by atoms with Gasteiger partial charge in [-0.05, 0) is 31.5 Å². The molecule has 0 aliphatic heterocycles. The van der Waals surface area contributed by atoms with Crippen molar-refractivity contribution in [3.63, 3.8) is 0 Å². The fourth-order valence-corrected chi connectivity index (χ4v) is 2.22. The van der Waals surface area contributed by atoms with Crippen LogP contribution >= 0.6 is 0 Å². The van der Waals surface area contributed by atoms with Crippen LogP contribution in [-0.4, -0.2) is 4.98 Å². The Morgan fingerprint density at radius 2 is 1.56 bits per heavy atom. The Morgan fingerprint density at radius 1 is 0.833 bits per heavy atom. The Balaban J connectivity index is 2.21. The smallest absolute Gasteiger partial charge is 0.0712 e. The highest BCUT2D eigenvalue weighted by Crippen LogP contribution is 2.24. The summed E-state index contributed by atoms with van der Waals surface area (Å²) in [4.78, 5) is 4.74. The number of aryl methyl sites for hydroxylation is 2. The van der Waals surface area contributed by atoms with E-state index in [1.54, 1.807) is 0 Å². The molecule has 0 bridgehead atoms. The first-order valence-electron chi connectivity index (χ1n) is 6.17. The van der Waals surface area contributed by atoms with E-state index in [0.717, 1.165) is 11.2 Å². The molecule has 0 aliphatic rings.